The molecule has 0 saturated carbocycles. The molecular formula is C12H11FN2O. The van der Waals surface area contributed by atoms with Gasteiger partial charge in [-0.3, -0.25) is 0 Å². The molecule has 0 aliphatic rings. The molecule has 0 spiro atoms. The summed E-state index contributed by atoms with van der Waals surface area (Å²) in [5.74, 6) is 0.258. The van der Waals surface area contributed by atoms with Crippen molar-refractivity contribution in [2.75, 3.05) is 5.73 Å². The molecule has 0 aliphatic heterocycles. The van der Waals surface area contributed by atoms with E-state index in [4.69, 9.17) is 10.3 Å². The van der Waals surface area contributed by atoms with Gasteiger partial charge in [0.05, 0.1) is 0 Å². The molecule has 0 atom stereocenters. The van der Waals surface area contributed by atoms with Crippen LogP contribution in [0.1, 0.15) is 17.0 Å². The van der Waals surface area contributed by atoms with Crippen LogP contribution in [0.25, 0.3) is 12.2 Å². The lowest BCUT2D eigenvalue weighted by Gasteiger charge is -1.92. The van der Waals surface area contributed by atoms with E-state index in [0.717, 1.165) is 5.56 Å². The monoisotopic (exact) mass is 218 g/mol. The fraction of sp³-hybridized carbons (Fsp3) is 0.0833. The first-order valence-electron chi connectivity index (χ1n) is 4.82. The summed E-state index contributed by atoms with van der Waals surface area (Å²) in [6.45, 7) is 1.77. The fourth-order valence-electron chi connectivity index (χ4n) is 1.26. The number of aromatic nitrogens is 1. The van der Waals surface area contributed by atoms with Gasteiger partial charge in [0.2, 0.25) is 0 Å². The molecule has 0 aliphatic carbocycles. The van der Waals surface area contributed by atoms with Gasteiger partial charge in [0, 0.05) is 0 Å². The van der Waals surface area contributed by atoms with Crippen LogP contribution in [0.15, 0.2) is 28.8 Å². The molecule has 1 aromatic carbocycles. The molecule has 2 rings (SSSR count). The van der Waals surface area contributed by atoms with Crippen LogP contribution in [0, 0.1) is 12.7 Å². The zero-order chi connectivity index (χ0) is 11.5. The van der Waals surface area contributed by atoms with Crippen molar-refractivity contribution in [2.24, 2.45) is 0 Å². The van der Waals surface area contributed by atoms with Gasteiger partial charge in [-0.05, 0) is 30.7 Å². The predicted octanol–water partition coefficient (Wildman–Crippen LogP) is 2.87. The van der Waals surface area contributed by atoms with Crippen molar-refractivity contribution in [2.45, 2.75) is 6.92 Å². The third-order valence-electron chi connectivity index (χ3n) is 2.23. The smallest absolute Gasteiger partial charge is 0.182 e. The maximum atomic E-state index is 12.6. The second-order valence-electron chi connectivity index (χ2n) is 3.43. The molecule has 3 nitrogen and oxygen atoms in total. The van der Waals surface area contributed by atoms with E-state index >= 15 is 0 Å². The van der Waals surface area contributed by atoms with Crippen LogP contribution in [0.2, 0.25) is 0 Å². The van der Waals surface area contributed by atoms with Crippen molar-refractivity contribution >= 4 is 17.8 Å². The Morgan fingerprint density at radius 1 is 1.25 bits per heavy atom. The number of hydrogen-bond donors (Lipinski definition) is 1. The highest BCUT2D eigenvalue weighted by atomic mass is 19.1. The zero-order valence-corrected chi connectivity index (χ0v) is 8.77. The highest BCUT2D eigenvalue weighted by Crippen LogP contribution is 2.18. The minimum Gasteiger partial charge on any atom is -0.394 e. The first-order valence-corrected chi connectivity index (χ1v) is 4.82. The Bertz CT molecular complexity index is 514. The minimum absolute atomic E-state index is 0.257. The van der Waals surface area contributed by atoms with Crippen LogP contribution in [0.4, 0.5) is 10.1 Å². The molecule has 2 N–H and O–H groups in total. The Balaban J connectivity index is 2.21. The zero-order valence-electron chi connectivity index (χ0n) is 8.77. The molecule has 1 heterocycles. The van der Waals surface area contributed by atoms with Crippen LogP contribution in [-0.4, -0.2) is 5.16 Å². The van der Waals surface area contributed by atoms with Crippen molar-refractivity contribution in [3.8, 4) is 0 Å². The van der Waals surface area contributed by atoms with Gasteiger partial charge in [-0.15, -0.1) is 0 Å². The van der Waals surface area contributed by atoms with E-state index < -0.39 is 0 Å². The van der Waals surface area contributed by atoms with Gasteiger partial charge in [0.1, 0.15) is 17.2 Å². The van der Waals surface area contributed by atoms with Crippen LogP contribution in [0.3, 0.4) is 0 Å². The van der Waals surface area contributed by atoms with E-state index in [1.807, 2.05) is 0 Å². The summed E-state index contributed by atoms with van der Waals surface area (Å²) in [4.78, 5) is 0. The number of hydrogen-bond acceptors (Lipinski definition) is 3. The maximum absolute atomic E-state index is 12.6. The lowest BCUT2D eigenvalue weighted by molar-refractivity contribution is 0.408. The number of anilines is 1. The van der Waals surface area contributed by atoms with Gasteiger partial charge in [0.15, 0.2) is 5.76 Å². The largest absolute Gasteiger partial charge is 0.394 e. The summed E-state index contributed by atoms with van der Waals surface area (Å²) in [6, 6.07) is 6.14. The molecule has 0 saturated heterocycles. The summed E-state index contributed by atoms with van der Waals surface area (Å²) >= 11 is 0. The van der Waals surface area contributed by atoms with E-state index in [9.17, 15) is 4.39 Å². The van der Waals surface area contributed by atoms with Crippen molar-refractivity contribution in [1.82, 2.24) is 5.16 Å². The molecule has 0 amide bonds. The first kappa shape index (κ1) is 10.4. The Morgan fingerprint density at radius 3 is 2.50 bits per heavy atom. The summed E-state index contributed by atoms with van der Waals surface area (Å²) in [6.07, 6.45) is 3.50. The van der Waals surface area contributed by atoms with E-state index in [1.54, 1.807) is 31.2 Å². The topological polar surface area (TPSA) is 52.0 Å². The molecule has 2 aromatic rings. The number of halogens is 1. The molecule has 0 unspecified atom stereocenters. The Kier molecular flexibility index (Phi) is 2.72. The molecule has 0 fully saturated rings. The summed E-state index contributed by atoms with van der Waals surface area (Å²) in [7, 11) is 0. The van der Waals surface area contributed by atoms with E-state index in [-0.39, 0.29) is 5.82 Å². The van der Waals surface area contributed by atoms with Crippen molar-refractivity contribution in [3.05, 3.63) is 47.1 Å². The summed E-state index contributed by atoms with van der Waals surface area (Å²) in [5, 5.41) is 3.73. The third kappa shape index (κ3) is 2.11. The standard InChI is InChI=1S/C12H11FN2O/c1-8-12(14)11(16-15-8)7-4-9-2-5-10(13)6-3-9/h2-7H,14H2,1H3/b7-4-. The van der Waals surface area contributed by atoms with Crippen LogP contribution in [-0.2, 0) is 0 Å². The SMILES string of the molecule is Cc1noc(/C=C\c2ccc(F)cc2)c1N. The molecule has 82 valence electrons. The maximum Gasteiger partial charge on any atom is 0.182 e. The number of nitrogens with two attached hydrogens (primary N) is 1. The lowest BCUT2D eigenvalue weighted by atomic mass is 10.2. The van der Waals surface area contributed by atoms with Gasteiger partial charge in [-0.2, -0.15) is 0 Å². The normalized spacial score (nSPS) is 11.1. The third-order valence-corrected chi connectivity index (χ3v) is 2.23. The second kappa shape index (κ2) is 4.18. The summed E-state index contributed by atoms with van der Waals surface area (Å²) < 4.78 is 17.6. The van der Waals surface area contributed by atoms with Gasteiger partial charge >= 0.3 is 0 Å². The minimum atomic E-state index is -0.257. The molecule has 1 aromatic heterocycles. The fourth-order valence-corrected chi connectivity index (χ4v) is 1.26. The van der Waals surface area contributed by atoms with E-state index in [0.29, 0.717) is 17.1 Å². The lowest BCUT2D eigenvalue weighted by Crippen LogP contribution is -1.86. The highest BCUT2D eigenvalue weighted by molar-refractivity contribution is 5.73. The van der Waals surface area contributed by atoms with Crippen molar-refractivity contribution in [3.63, 3.8) is 0 Å². The predicted molar refractivity (Wildman–Crippen MR) is 61.0 cm³/mol. The number of nitrogen functional groups attached to an aromatic ring is 1. The average molecular weight is 218 g/mol. The van der Waals surface area contributed by atoms with Crippen molar-refractivity contribution < 1.29 is 8.91 Å². The Morgan fingerprint density at radius 2 is 1.94 bits per heavy atom. The Labute approximate surface area is 92.4 Å². The number of aryl methyl sites for hydroxylation is 1. The van der Waals surface area contributed by atoms with Gasteiger partial charge < -0.3 is 10.3 Å². The number of nitrogens with zero attached hydrogens (tertiary/aromatic N) is 1. The van der Waals surface area contributed by atoms with Crippen molar-refractivity contribution in [1.29, 1.82) is 0 Å². The van der Waals surface area contributed by atoms with E-state index in [1.165, 1.54) is 12.1 Å². The number of benzene rings is 1. The Hall–Kier alpha value is -2.10. The quantitative estimate of drug-likeness (QED) is 0.843. The van der Waals surface area contributed by atoms with E-state index in [2.05, 4.69) is 5.16 Å². The number of rotatable bonds is 2. The van der Waals surface area contributed by atoms with Gasteiger partial charge in [-0.1, -0.05) is 23.4 Å². The van der Waals surface area contributed by atoms with Gasteiger partial charge in [0.25, 0.3) is 0 Å². The van der Waals surface area contributed by atoms with Crippen LogP contribution < -0.4 is 5.73 Å². The van der Waals surface area contributed by atoms with Crippen LogP contribution in [0.5, 0.6) is 0 Å². The molecular weight excluding hydrogens is 207 g/mol. The molecule has 0 bridgehead atoms. The molecule has 0 radical (unpaired) electrons. The highest BCUT2D eigenvalue weighted by Gasteiger charge is 2.04. The molecule has 4 heteroatoms. The first-order chi connectivity index (χ1) is 7.66. The van der Waals surface area contributed by atoms with Crippen LogP contribution >= 0.6 is 0 Å². The van der Waals surface area contributed by atoms with Gasteiger partial charge in [-0.25, -0.2) is 4.39 Å². The molecule has 16 heavy (non-hydrogen) atoms. The second-order valence-corrected chi connectivity index (χ2v) is 3.43. The summed E-state index contributed by atoms with van der Waals surface area (Å²) in [5.41, 5.74) is 7.79. The average Bonchev–Trinajstić information content (AvgIpc) is 2.60.